The number of fused-ring (bicyclic) bond motifs is 1. The fourth-order valence-electron chi connectivity index (χ4n) is 3.29. The molecule has 0 fully saturated rings. The van der Waals surface area contributed by atoms with Gasteiger partial charge < -0.3 is 4.74 Å². The minimum atomic E-state index is -3.94. The average molecular weight is 500 g/mol. The first-order chi connectivity index (χ1) is 16.3. The molecule has 0 atom stereocenters. The third kappa shape index (κ3) is 4.04. The maximum Gasteiger partial charge on any atom is 0.261 e. The van der Waals surface area contributed by atoms with E-state index in [0.29, 0.717) is 28.2 Å². The Bertz CT molecular complexity index is 1630. The van der Waals surface area contributed by atoms with E-state index >= 15 is 0 Å². The van der Waals surface area contributed by atoms with Gasteiger partial charge in [0.15, 0.2) is 5.65 Å². The smallest absolute Gasteiger partial charge is 0.261 e. The summed E-state index contributed by atoms with van der Waals surface area (Å²) in [6.45, 7) is 0. The van der Waals surface area contributed by atoms with Gasteiger partial charge in [-0.2, -0.15) is 0 Å². The molecule has 0 bridgehead atoms. The molecule has 5 aromatic rings. The minimum absolute atomic E-state index is 0.0000250. The van der Waals surface area contributed by atoms with E-state index in [1.807, 2.05) is 0 Å². The molecule has 172 valence electrons. The van der Waals surface area contributed by atoms with Crippen LogP contribution in [-0.4, -0.2) is 45.7 Å². The molecule has 5 rings (SSSR count). The molecule has 10 nitrogen and oxygen atoms in total. The maximum atomic E-state index is 14.6. The lowest BCUT2D eigenvalue weighted by molar-refractivity contribution is 0.401. The molecular weight excluding hydrogens is 485 g/mol. The molecule has 13 heteroatoms. The van der Waals surface area contributed by atoms with E-state index in [-0.39, 0.29) is 21.3 Å². The first-order valence-corrected chi connectivity index (χ1v) is 11.6. The number of pyridine rings is 1. The van der Waals surface area contributed by atoms with Crippen LogP contribution in [0.3, 0.4) is 0 Å². The predicted molar refractivity (Wildman–Crippen MR) is 123 cm³/mol. The van der Waals surface area contributed by atoms with E-state index in [0.717, 1.165) is 6.07 Å². The van der Waals surface area contributed by atoms with Crippen LogP contribution in [0.4, 0.5) is 10.1 Å². The van der Waals surface area contributed by atoms with Crippen molar-refractivity contribution < 1.29 is 17.5 Å². The Morgan fingerprint density at radius 1 is 1.18 bits per heavy atom. The molecule has 0 aliphatic rings. The summed E-state index contributed by atoms with van der Waals surface area (Å²) in [5.41, 5.74) is 1.71. The van der Waals surface area contributed by atoms with E-state index in [9.17, 15) is 12.8 Å². The van der Waals surface area contributed by atoms with E-state index in [1.54, 1.807) is 18.3 Å². The number of nitrogens with zero attached hydrogens (tertiary/aromatic N) is 5. The van der Waals surface area contributed by atoms with Crippen molar-refractivity contribution in [2.24, 2.45) is 0 Å². The van der Waals surface area contributed by atoms with Crippen LogP contribution in [0, 0.1) is 5.82 Å². The van der Waals surface area contributed by atoms with E-state index < -0.39 is 15.8 Å². The fraction of sp³-hybridized carbons (Fsp3) is 0.0476. The Kier molecular flexibility index (Phi) is 5.38. The summed E-state index contributed by atoms with van der Waals surface area (Å²) in [4.78, 5) is 4.26. The number of hydrogen-bond acceptors (Lipinski definition) is 7. The second kappa shape index (κ2) is 8.39. The number of halogens is 2. The number of ether oxygens (including phenoxy) is 1. The van der Waals surface area contributed by atoms with Crippen LogP contribution in [0.1, 0.15) is 0 Å². The second-order valence-corrected chi connectivity index (χ2v) is 9.25. The minimum Gasteiger partial charge on any atom is -0.479 e. The van der Waals surface area contributed by atoms with Crippen molar-refractivity contribution in [3.8, 4) is 22.8 Å². The summed E-state index contributed by atoms with van der Waals surface area (Å²) >= 11 is 5.90. The number of H-pyrrole nitrogens is 1. The lowest BCUT2D eigenvalue weighted by Crippen LogP contribution is -2.13. The second-order valence-electron chi connectivity index (χ2n) is 7.13. The highest BCUT2D eigenvalue weighted by molar-refractivity contribution is 7.92. The van der Waals surface area contributed by atoms with Crippen LogP contribution < -0.4 is 9.46 Å². The van der Waals surface area contributed by atoms with Crippen molar-refractivity contribution in [2.75, 3.05) is 11.8 Å². The van der Waals surface area contributed by atoms with Gasteiger partial charge in [-0.05, 0) is 42.5 Å². The zero-order chi connectivity index (χ0) is 23.9. The SMILES string of the molecule is COc1n[nH]c2ncc(-c3cn(-c4cc(NS(=O)(=O)c5cccc(Cl)c5)ccc4F)nn3)cc12. The molecule has 2 N–H and O–H groups in total. The Morgan fingerprint density at radius 2 is 2.03 bits per heavy atom. The third-order valence-corrected chi connectivity index (χ3v) is 6.53. The Hall–Kier alpha value is -4.03. The molecule has 3 heterocycles. The van der Waals surface area contributed by atoms with Gasteiger partial charge in [0, 0.05) is 16.8 Å². The molecule has 0 aliphatic carbocycles. The molecular formula is C21H15ClFN7O3S. The summed E-state index contributed by atoms with van der Waals surface area (Å²) in [5, 5.41) is 15.8. The number of aromatic nitrogens is 6. The van der Waals surface area contributed by atoms with Crippen molar-refractivity contribution in [3.05, 3.63) is 71.8 Å². The van der Waals surface area contributed by atoms with Gasteiger partial charge in [0.1, 0.15) is 17.2 Å². The highest BCUT2D eigenvalue weighted by Crippen LogP contribution is 2.27. The molecule has 0 saturated heterocycles. The van der Waals surface area contributed by atoms with Gasteiger partial charge in [-0.1, -0.05) is 22.9 Å². The summed E-state index contributed by atoms with van der Waals surface area (Å²) in [5.74, 6) is -0.241. The molecule has 0 saturated carbocycles. The van der Waals surface area contributed by atoms with E-state index in [4.69, 9.17) is 16.3 Å². The van der Waals surface area contributed by atoms with Gasteiger partial charge in [-0.15, -0.1) is 10.2 Å². The number of methoxy groups -OCH3 is 1. The Balaban J connectivity index is 1.47. The standard InChI is InChI=1S/C21H15ClFN7O3S/c1-33-21-16-7-12(10-24-20(16)26-27-21)18-11-30(29-25-18)19-9-14(5-6-17(19)23)28-34(31,32)15-4-2-3-13(22)8-15/h2-11,28H,1H3,(H,24,26,27). The molecule has 0 spiro atoms. The number of sulfonamides is 1. The van der Waals surface area contributed by atoms with Gasteiger partial charge in [0.05, 0.1) is 29.3 Å². The molecule has 2 aromatic carbocycles. The molecule has 0 amide bonds. The quantitative estimate of drug-likeness (QED) is 0.363. The molecule has 0 unspecified atom stereocenters. The zero-order valence-corrected chi connectivity index (χ0v) is 19.0. The first kappa shape index (κ1) is 21.8. The maximum absolute atomic E-state index is 14.6. The first-order valence-electron chi connectivity index (χ1n) is 9.73. The summed E-state index contributed by atoms with van der Waals surface area (Å²) in [7, 11) is -2.44. The lowest BCUT2D eigenvalue weighted by atomic mass is 10.2. The van der Waals surface area contributed by atoms with Crippen molar-refractivity contribution in [1.82, 2.24) is 30.2 Å². The Morgan fingerprint density at radius 3 is 2.82 bits per heavy atom. The zero-order valence-electron chi connectivity index (χ0n) is 17.4. The van der Waals surface area contributed by atoms with Gasteiger partial charge >= 0.3 is 0 Å². The summed E-state index contributed by atoms with van der Waals surface area (Å²) < 4.78 is 48.8. The molecule has 0 radical (unpaired) electrons. The average Bonchev–Trinajstić information content (AvgIpc) is 3.47. The van der Waals surface area contributed by atoms with Crippen molar-refractivity contribution in [3.63, 3.8) is 0 Å². The van der Waals surface area contributed by atoms with E-state index in [1.165, 1.54) is 48.3 Å². The number of anilines is 1. The van der Waals surface area contributed by atoms with Gasteiger partial charge in [-0.25, -0.2) is 22.5 Å². The van der Waals surface area contributed by atoms with Crippen LogP contribution in [0.2, 0.25) is 5.02 Å². The fourth-order valence-corrected chi connectivity index (χ4v) is 4.64. The monoisotopic (exact) mass is 499 g/mol. The van der Waals surface area contributed by atoms with E-state index in [2.05, 4.69) is 30.2 Å². The largest absolute Gasteiger partial charge is 0.479 e. The number of nitrogens with one attached hydrogen (secondary N) is 2. The molecule has 0 aliphatic heterocycles. The molecule has 3 aromatic heterocycles. The summed E-state index contributed by atoms with van der Waals surface area (Å²) in [6, 6.07) is 11.3. The van der Waals surface area contributed by atoms with Crippen LogP contribution in [0.15, 0.2) is 65.8 Å². The van der Waals surface area contributed by atoms with Gasteiger partial charge in [0.2, 0.25) is 5.88 Å². The highest BCUT2D eigenvalue weighted by Gasteiger charge is 2.17. The Labute approximate surface area is 197 Å². The van der Waals surface area contributed by atoms with Crippen molar-refractivity contribution >= 4 is 38.3 Å². The van der Waals surface area contributed by atoms with Crippen LogP contribution in [-0.2, 0) is 10.0 Å². The topological polar surface area (TPSA) is 128 Å². The van der Waals surface area contributed by atoms with Crippen LogP contribution in [0.5, 0.6) is 5.88 Å². The van der Waals surface area contributed by atoms with Gasteiger partial charge in [-0.3, -0.25) is 9.82 Å². The number of hydrogen-bond donors (Lipinski definition) is 2. The lowest BCUT2D eigenvalue weighted by Gasteiger charge is -2.10. The normalized spacial score (nSPS) is 11.6. The van der Waals surface area contributed by atoms with Crippen molar-refractivity contribution in [1.29, 1.82) is 0 Å². The van der Waals surface area contributed by atoms with Crippen LogP contribution in [0.25, 0.3) is 28.0 Å². The predicted octanol–water partition coefficient (Wildman–Crippen LogP) is 3.81. The van der Waals surface area contributed by atoms with Crippen LogP contribution >= 0.6 is 11.6 Å². The third-order valence-electron chi connectivity index (χ3n) is 4.92. The van der Waals surface area contributed by atoms with Gasteiger partial charge in [0.25, 0.3) is 10.0 Å². The van der Waals surface area contributed by atoms with Crippen molar-refractivity contribution in [2.45, 2.75) is 4.90 Å². The summed E-state index contributed by atoms with van der Waals surface area (Å²) in [6.07, 6.45) is 3.07. The molecule has 34 heavy (non-hydrogen) atoms. The number of rotatable bonds is 6. The number of benzene rings is 2. The highest BCUT2D eigenvalue weighted by atomic mass is 35.5. The number of aromatic amines is 1.